The number of benzene rings is 1. The molecular weight excluding hydrogens is 348 g/mol. The molecule has 1 aromatic heterocycles. The maximum atomic E-state index is 12.0. The Bertz CT molecular complexity index is 690. The Kier molecular flexibility index (Phi) is 6.78. The number of carbonyl (C=O) groups is 2. The minimum atomic E-state index is -0.692. The SMILES string of the molecule is COC(CNC(=O)C(=O)NC(C)c1ccccc1)c1ccc(Cl)s1. The van der Waals surface area contributed by atoms with Crippen LogP contribution >= 0.6 is 22.9 Å². The summed E-state index contributed by atoms with van der Waals surface area (Å²) in [6.07, 6.45) is -0.342. The summed E-state index contributed by atoms with van der Waals surface area (Å²) in [4.78, 5) is 24.8. The highest BCUT2D eigenvalue weighted by Gasteiger charge is 2.19. The number of methoxy groups -OCH3 is 1. The molecular formula is C17H19ClN2O3S. The molecule has 0 aliphatic carbocycles. The maximum Gasteiger partial charge on any atom is 0.309 e. The Morgan fingerprint density at radius 3 is 2.46 bits per heavy atom. The molecule has 5 nitrogen and oxygen atoms in total. The standard InChI is InChI=1S/C17H19ClN2O3S/c1-11(12-6-4-3-5-7-12)20-17(22)16(21)19-10-13(23-2)14-8-9-15(18)24-14/h3-9,11,13H,10H2,1-2H3,(H,19,21)(H,20,22). The number of rotatable bonds is 6. The van der Waals surface area contributed by atoms with Gasteiger partial charge in [-0.15, -0.1) is 11.3 Å². The minimum absolute atomic E-state index is 0.194. The number of halogens is 1. The zero-order valence-electron chi connectivity index (χ0n) is 13.4. The lowest BCUT2D eigenvalue weighted by Crippen LogP contribution is -2.42. The van der Waals surface area contributed by atoms with Crippen LogP contribution in [0.2, 0.25) is 4.34 Å². The number of thiophene rings is 1. The number of carbonyl (C=O) groups excluding carboxylic acids is 2. The van der Waals surface area contributed by atoms with Gasteiger partial charge in [0.25, 0.3) is 0 Å². The first-order chi connectivity index (χ1) is 11.5. The normalized spacial score (nSPS) is 13.1. The van der Waals surface area contributed by atoms with Gasteiger partial charge >= 0.3 is 11.8 Å². The van der Waals surface area contributed by atoms with E-state index < -0.39 is 11.8 Å². The van der Waals surface area contributed by atoms with Crippen LogP contribution in [0.4, 0.5) is 0 Å². The van der Waals surface area contributed by atoms with Crippen LogP contribution in [0.15, 0.2) is 42.5 Å². The monoisotopic (exact) mass is 366 g/mol. The van der Waals surface area contributed by atoms with E-state index in [0.717, 1.165) is 10.4 Å². The fourth-order valence-electron chi connectivity index (χ4n) is 2.15. The first-order valence-electron chi connectivity index (χ1n) is 7.43. The molecule has 2 atom stereocenters. The van der Waals surface area contributed by atoms with Gasteiger partial charge in [-0.25, -0.2) is 0 Å². The largest absolute Gasteiger partial charge is 0.374 e. The van der Waals surface area contributed by atoms with E-state index in [-0.39, 0.29) is 18.7 Å². The lowest BCUT2D eigenvalue weighted by Gasteiger charge is -2.16. The van der Waals surface area contributed by atoms with Crippen LogP contribution in [0, 0.1) is 0 Å². The fraction of sp³-hybridized carbons (Fsp3) is 0.294. The topological polar surface area (TPSA) is 67.4 Å². The van der Waals surface area contributed by atoms with Gasteiger partial charge in [-0.05, 0) is 24.6 Å². The van der Waals surface area contributed by atoms with Gasteiger partial charge in [0.2, 0.25) is 0 Å². The zero-order chi connectivity index (χ0) is 17.5. The smallest absolute Gasteiger partial charge is 0.309 e. The van der Waals surface area contributed by atoms with Crippen molar-refractivity contribution < 1.29 is 14.3 Å². The molecule has 0 spiro atoms. The predicted octanol–water partition coefficient (Wildman–Crippen LogP) is 3.08. The van der Waals surface area contributed by atoms with E-state index in [1.165, 1.54) is 11.3 Å². The molecule has 2 rings (SSSR count). The van der Waals surface area contributed by atoms with Gasteiger partial charge in [-0.3, -0.25) is 9.59 Å². The molecule has 128 valence electrons. The molecule has 0 aliphatic rings. The van der Waals surface area contributed by atoms with Gasteiger partial charge in [0.15, 0.2) is 0 Å². The number of amides is 2. The number of ether oxygens (including phenoxy) is 1. The summed E-state index contributed by atoms with van der Waals surface area (Å²) in [6, 6.07) is 12.8. The summed E-state index contributed by atoms with van der Waals surface area (Å²) < 4.78 is 5.98. The summed E-state index contributed by atoms with van der Waals surface area (Å²) in [5.74, 6) is -1.37. The van der Waals surface area contributed by atoms with Crippen molar-refractivity contribution in [2.75, 3.05) is 13.7 Å². The van der Waals surface area contributed by atoms with Gasteiger partial charge in [0, 0.05) is 18.5 Å². The first-order valence-corrected chi connectivity index (χ1v) is 8.62. The molecule has 0 bridgehead atoms. The third-order valence-corrected chi connectivity index (χ3v) is 4.82. The van der Waals surface area contributed by atoms with E-state index in [2.05, 4.69) is 10.6 Å². The highest BCUT2D eigenvalue weighted by atomic mass is 35.5. The molecule has 2 aromatic rings. The van der Waals surface area contributed by atoms with Gasteiger partial charge in [-0.2, -0.15) is 0 Å². The molecule has 1 aromatic carbocycles. The Morgan fingerprint density at radius 2 is 1.88 bits per heavy atom. The summed E-state index contributed by atoms with van der Waals surface area (Å²) >= 11 is 7.28. The van der Waals surface area contributed by atoms with Crippen LogP contribution in [0.3, 0.4) is 0 Å². The molecule has 0 fully saturated rings. The van der Waals surface area contributed by atoms with E-state index in [1.54, 1.807) is 13.2 Å². The maximum absolute atomic E-state index is 12.0. The third kappa shape index (κ3) is 5.06. The van der Waals surface area contributed by atoms with Crippen molar-refractivity contribution in [2.45, 2.75) is 19.1 Å². The van der Waals surface area contributed by atoms with Crippen molar-refractivity contribution in [1.29, 1.82) is 0 Å². The van der Waals surface area contributed by atoms with Crippen LogP contribution in [0.25, 0.3) is 0 Å². The van der Waals surface area contributed by atoms with Crippen molar-refractivity contribution in [3.05, 3.63) is 57.2 Å². The fourth-order valence-corrected chi connectivity index (χ4v) is 3.29. The van der Waals surface area contributed by atoms with E-state index in [4.69, 9.17) is 16.3 Å². The average molecular weight is 367 g/mol. The summed E-state index contributed by atoms with van der Waals surface area (Å²) in [7, 11) is 1.54. The summed E-state index contributed by atoms with van der Waals surface area (Å²) in [5, 5.41) is 5.26. The lowest BCUT2D eigenvalue weighted by atomic mass is 10.1. The molecule has 24 heavy (non-hydrogen) atoms. The molecule has 0 saturated heterocycles. The van der Waals surface area contributed by atoms with Gasteiger partial charge < -0.3 is 15.4 Å². The molecule has 0 aliphatic heterocycles. The van der Waals surface area contributed by atoms with E-state index in [9.17, 15) is 9.59 Å². The quantitative estimate of drug-likeness (QED) is 0.772. The molecule has 2 N–H and O–H groups in total. The van der Waals surface area contributed by atoms with Crippen LogP contribution in [-0.4, -0.2) is 25.5 Å². The molecule has 1 heterocycles. The van der Waals surface area contributed by atoms with E-state index in [1.807, 2.05) is 43.3 Å². The third-order valence-electron chi connectivity index (χ3n) is 3.50. The van der Waals surface area contributed by atoms with Crippen molar-refractivity contribution in [2.24, 2.45) is 0 Å². The molecule has 0 radical (unpaired) electrons. The van der Waals surface area contributed by atoms with Crippen molar-refractivity contribution in [3.63, 3.8) is 0 Å². The van der Waals surface area contributed by atoms with Crippen LogP contribution < -0.4 is 10.6 Å². The van der Waals surface area contributed by atoms with Gasteiger partial charge in [0.05, 0.1) is 10.4 Å². The van der Waals surface area contributed by atoms with Crippen molar-refractivity contribution in [3.8, 4) is 0 Å². The molecule has 2 unspecified atom stereocenters. The van der Waals surface area contributed by atoms with Crippen molar-refractivity contribution in [1.82, 2.24) is 10.6 Å². The summed E-state index contributed by atoms with van der Waals surface area (Å²) in [6.45, 7) is 2.02. The second-order valence-electron chi connectivity index (χ2n) is 5.18. The number of hydrogen-bond acceptors (Lipinski definition) is 4. The Morgan fingerprint density at radius 1 is 1.17 bits per heavy atom. The van der Waals surface area contributed by atoms with Crippen LogP contribution in [0.5, 0.6) is 0 Å². The second-order valence-corrected chi connectivity index (χ2v) is 6.93. The highest BCUT2D eigenvalue weighted by molar-refractivity contribution is 7.16. The zero-order valence-corrected chi connectivity index (χ0v) is 15.0. The molecule has 7 heteroatoms. The van der Waals surface area contributed by atoms with Crippen LogP contribution in [-0.2, 0) is 14.3 Å². The van der Waals surface area contributed by atoms with Crippen LogP contribution in [0.1, 0.15) is 29.5 Å². The predicted molar refractivity (Wildman–Crippen MR) is 95.1 cm³/mol. The number of hydrogen-bond donors (Lipinski definition) is 2. The van der Waals surface area contributed by atoms with Crippen molar-refractivity contribution >= 4 is 34.8 Å². The summed E-state index contributed by atoms with van der Waals surface area (Å²) in [5.41, 5.74) is 0.932. The number of nitrogens with one attached hydrogen (secondary N) is 2. The first kappa shape index (κ1) is 18.4. The van der Waals surface area contributed by atoms with Gasteiger partial charge in [-0.1, -0.05) is 41.9 Å². The highest BCUT2D eigenvalue weighted by Crippen LogP contribution is 2.28. The Labute approximate surface area is 150 Å². The second kappa shape index (κ2) is 8.82. The molecule has 0 saturated carbocycles. The van der Waals surface area contributed by atoms with E-state index in [0.29, 0.717) is 4.34 Å². The van der Waals surface area contributed by atoms with Gasteiger partial charge in [0.1, 0.15) is 6.10 Å². The Balaban J connectivity index is 1.86. The lowest BCUT2D eigenvalue weighted by molar-refractivity contribution is -0.139. The Hall–Kier alpha value is -1.89. The minimum Gasteiger partial charge on any atom is -0.374 e. The average Bonchev–Trinajstić information content (AvgIpc) is 3.02. The van der Waals surface area contributed by atoms with E-state index >= 15 is 0 Å². The molecule has 2 amide bonds.